The second-order valence-corrected chi connectivity index (χ2v) is 5.69. The summed E-state index contributed by atoms with van der Waals surface area (Å²) in [6.45, 7) is 5.30. The van der Waals surface area contributed by atoms with Crippen molar-refractivity contribution in [2.75, 3.05) is 6.54 Å². The molecule has 2 aromatic carbocycles. The van der Waals surface area contributed by atoms with E-state index in [1.807, 2.05) is 6.07 Å². The quantitative estimate of drug-likeness (QED) is 0.794. The summed E-state index contributed by atoms with van der Waals surface area (Å²) in [7, 11) is 0. The standard InChI is InChI=1S/C18H22ClN/c1-3-9-20-18(12-15-7-5-4-6-8-15)16-10-14(2)11-17(19)13-16/h4-8,10-11,13,18,20H,3,9,12H2,1-2H3. The highest BCUT2D eigenvalue weighted by Crippen LogP contribution is 2.23. The van der Waals surface area contributed by atoms with Crippen LogP contribution in [-0.4, -0.2) is 6.54 Å². The van der Waals surface area contributed by atoms with Gasteiger partial charge in [0.2, 0.25) is 0 Å². The summed E-state index contributed by atoms with van der Waals surface area (Å²) in [5.41, 5.74) is 3.83. The molecule has 0 radical (unpaired) electrons. The number of halogens is 1. The molecular weight excluding hydrogens is 266 g/mol. The molecule has 2 aromatic rings. The van der Waals surface area contributed by atoms with Crippen molar-refractivity contribution in [3.63, 3.8) is 0 Å². The van der Waals surface area contributed by atoms with E-state index in [4.69, 9.17) is 11.6 Å². The Hall–Kier alpha value is -1.31. The van der Waals surface area contributed by atoms with Crippen molar-refractivity contribution in [3.05, 3.63) is 70.2 Å². The Labute approximate surface area is 127 Å². The van der Waals surface area contributed by atoms with Gasteiger partial charge in [-0.3, -0.25) is 0 Å². The number of rotatable bonds is 6. The van der Waals surface area contributed by atoms with Gasteiger partial charge in [-0.05, 0) is 55.1 Å². The Balaban J connectivity index is 2.22. The van der Waals surface area contributed by atoms with Gasteiger partial charge in [0.05, 0.1) is 0 Å². The highest BCUT2D eigenvalue weighted by molar-refractivity contribution is 6.30. The number of benzene rings is 2. The van der Waals surface area contributed by atoms with Crippen molar-refractivity contribution in [3.8, 4) is 0 Å². The zero-order valence-corrected chi connectivity index (χ0v) is 13.0. The first-order valence-corrected chi connectivity index (χ1v) is 7.61. The molecule has 1 N–H and O–H groups in total. The first-order valence-electron chi connectivity index (χ1n) is 7.23. The Morgan fingerprint density at radius 2 is 1.85 bits per heavy atom. The van der Waals surface area contributed by atoms with Crippen molar-refractivity contribution in [1.82, 2.24) is 5.32 Å². The fourth-order valence-corrected chi connectivity index (χ4v) is 2.74. The van der Waals surface area contributed by atoms with Crippen LogP contribution in [0.5, 0.6) is 0 Å². The molecule has 0 bridgehead atoms. The van der Waals surface area contributed by atoms with Crippen molar-refractivity contribution < 1.29 is 0 Å². The van der Waals surface area contributed by atoms with Crippen molar-refractivity contribution in [2.24, 2.45) is 0 Å². The molecule has 106 valence electrons. The lowest BCUT2D eigenvalue weighted by molar-refractivity contribution is 0.529. The Morgan fingerprint density at radius 3 is 2.50 bits per heavy atom. The minimum absolute atomic E-state index is 0.315. The maximum Gasteiger partial charge on any atom is 0.0411 e. The molecule has 0 fully saturated rings. The third-order valence-corrected chi connectivity index (χ3v) is 3.61. The summed E-state index contributed by atoms with van der Waals surface area (Å²) in [6.07, 6.45) is 2.12. The number of nitrogens with one attached hydrogen (secondary N) is 1. The third kappa shape index (κ3) is 4.36. The van der Waals surface area contributed by atoms with Crippen LogP contribution in [0.1, 0.15) is 36.1 Å². The summed E-state index contributed by atoms with van der Waals surface area (Å²) in [4.78, 5) is 0. The normalized spacial score (nSPS) is 12.3. The molecule has 0 aliphatic rings. The van der Waals surface area contributed by atoms with Crippen LogP contribution in [0.4, 0.5) is 0 Å². The minimum Gasteiger partial charge on any atom is -0.310 e. The van der Waals surface area contributed by atoms with Crippen LogP contribution >= 0.6 is 11.6 Å². The van der Waals surface area contributed by atoms with Crippen LogP contribution < -0.4 is 5.32 Å². The first-order chi connectivity index (χ1) is 9.69. The topological polar surface area (TPSA) is 12.0 Å². The monoisotopic (exact) mass is 287 g/mol. The summed E-state index contributed by atoms with van der Waals surface area (Å²) < 4.78 is 0. The lowest BCUT2D eigenvalue weighted by Gasteiger charge is -2.20. The zero-order valence-electron chi connectivity index (χ0n) is 12.2. The SMILES string of the molecule is CCCNC(Cc1ccccc1)c1cc(C)cc(Cl)c1. The van der Waals surface area contributed by atoms with Crippen molar-refractivity contribution >= 4 is 11.6 Å². The van der Waals surface area contributed by atoms with Crippen LogP contribution in [0, 0.1) is 6.92 Å². The van der Waals surface area contributed by atoms with Crippen LogP contribution in [-0.2, 0) is 6.42 Å². The van der Waals surface area contributed by atoms with E-state index in [2.05, 4.69) is 61.6 Å². The lowest BCUT2D eigenvalue weighted by Crippen LogP contribution is -2.24. The summed E-state index contributed by atoms with van der Waals surface area (Å²) >= 11 is 6.20. The van der Waals surface area contributed by atoms with E-state index in [-0.39, 0.29) is 0 Å². The van der Waals surface area contributed by atoms with Crippen LogP contribution in [0.15, 0.2) is 48.5 Å². The highest BCUT2D eigenvalue weighted by Gasteiger charge is 2.12. The maximum atomic E-state index is 6.20. The summed E-state index contributed by atoms with van der Waals surface area (Å²) in [5, 5.41) is 4.45. The van der Waals surface area contributed by atoms with E-state index in [0.29, 0.717) is 6.04 Å². The van der Waals surface area contributed by atoms with Gasteiger partial charge in [-0.1, -0.05) is 54.9 Å². The first kappa shape index (κ1) is 15.1. The molecule has 0 saturated carbocycles. The van der Waals surface area contributed by atoms with E-state index in [9.17, 15) is 0 Å². The molecule has 0 spiro atoms. The molecule has 0 heterocycles. The molecule has 1 unspecified atom stereocenters. The summed E-state index contributed by atoms with van der Waals surface area (Å²) in [5.74, 6) is 0. The van der Waals surface area contributed by atoms with Gasteiger partial charge >= 0.3 is 0 Å². The van der Waals surface area contributed by atoms with Gasteiger partial charge in [-0.15, -0.1) is 0 Å². The van der Waals surface area contributed by atoms with E-state index < -0.39 is 0 Å². The Morgan fingerprint density at radius 1 is 1.10 bits per heavy atom. The minimum atomic E-state index is 0.315. The van der Waals surface area contributed by atoms with Gasteiger partial charge < -0.3 is 5.32 Å². The largest absolute Gasteiger partial charge is 0.310 e. The molecule has 0 aliphatic heterocycles. The molecule has 0 aromatic heterocycles. The van der Waals surface area contributed by atoms with E-state index in [1.165, 1.54) is 16.7 Å². The van der Waals surface area contributed by atoms with Gasteiger partial charge in [-0.2, -0.15) is 0 Å². The number of hydrogen-bond donors (Lipinski definition) is 1. The molecular formula is C18H22ClN. The molecule has 0 amide bonds. The van der Waals surface area contributed by atoms with Gasteiger partial charge in [-0.25, -0.2) is 0 Å². The van der Waals surface area contributed by atoms with Gasteiger partial charge in [0.15, 0.2) is 0 Å². The van der Waals surface area contributed by atoms with Crippen LogP contribution in [0.2, 0.25) is 5.02 Å². The van der Waals surface area contributed by atoms with Crippen LogP contribution in [0.25, 0.3) is 0 Å². The van der Waals surface area contributed by atoms with E-state index in [1.54, 1.807) is 0 Å². The average Bonchev–Trinajstić information content (AvgIpc) is 2.43. The number of aryl methyl sites for hydroxylation is 1. The van der Waals surface area contributed by atoms with E-state index >= 15 is 0 Å². The molecule has 2 rings (SSSR count). The lowest BCUT2D eigenvalue weighted by atomic mass is 9.97. The highest BCUT2D eigenvalue weighted by atomic mass is 35.5. The molecule has 1 atom stereocenters. The van der Waals surface area contributed by atoms with Crippen molar-refractivity contribution in [2.45, 2.75) is 32.7 Å². The second kappa shape index (κ2) is 7.47. The summed E-state index contributed by atoms with van der Waals surface area (Å²) in [6, 6.07) is 17.2. The predicted octanol–water partition coefficient (Wildman–Crippen LogP) is 4.93. The number of hydrogen-bond acceptors (Lipinski definition) is 1. The van der Waals surface area contributed by atoms with Crippen molar-refractivity contribution in [1.29, 1.82) is 0 Å². The molecule has 2 heteroatoms. The zero-order chi connectivity index (χ0) is 14.4. The maximum absolute atomic E-state index is 6.20. The predicted molar refractivity (Wildman–Crippen MR) is 87.4 cm³/mol. The fraction of sp³-hybridized carbons (Fsp3) is 0.333. The molecule has 0 aliphatic carbocycles. The van der Waals surface area contributed by atoms with E-state index in [0.717, 1.165) is 24.4 Å². The molecule has 20 heavy (non-hydrogen) atoms. The van der Waals surface area contributed by atoms with Gasteiger partial charge in [0.1, 0.15) is 0 Å². The second-order valence-electron chi connectivity index (χ2n) is 5.26. The van der Waals surface area contributed by atoms with Gasteiger partial charge in [0, 0.05) is 11.1 Å². The molecule has 1 nitrogen and oxygen atoms in total. The Kier molecular flexibility index (Phi) is 5.63. The fourth-order valence-electron chi connectivity index (χ4n) is 2.44. The average molecular weight is 288 g/mol. The third-order valence-electron chi connectivity index (χ3n) is 3.39. The molecule has 0 saturated heterocycles. The van der Waals surface area contributed by atoms with Crippen LogP contribution in [0.3, 0.4) is 0 Å². The van der Waals surface area contributed by atoms with Gasteiger partial charge in [0.25, 0.3) is 0 Å². The Bertz CT molecular complexity index is 516. The smallest absolute Gasteiger partial charge is 0.0411 e.